The van der Waals surface area contributed by atoms with Gasteiger partial charge in [-0.25, -0.2) is 0 Å². The van der Waals surface area contributed by atoms with Crippen molar-refractivity contribution in [2.45, 2.75) is 26.2 Å². The topological polar surface area (TPSA) is 104 Å². The van der Waals surface area contributed by atoms with Gasteiger partial charge in [0.2, 0.25) is 11.8 Å². The molecule has 1 aliphatic rings. The molecule has 0 aliphatic carbocycles. The molecular weight excluding hydrogens is 332 g/mol. The van der Waals surface area contributed by atoms with Crippen molar-refractivity contribution in [3.05, 3.63) is 27.0 Å². The molecule has 1 fully saturated rings. The van der Waals surface area contributed by atoms with Crippen molar-refractivity contribution in [2.24, 2.45) is 0 Å². The molecule has 2 aromatic heterocycles. The maximum absolute atomic E-state index is 12.4. The minimum absolute atomic E-state index is 0.139. The number of carbonyl (C=O) groups is 2. The minimum Gasteiger partial charge on any atom is -0.492 e. The van der Waals surface area contributed by atoms with Crippen LogP contribution >= 0.6 is 11.3 Å². The number of thiazole rings is 1. The molecule has 3 heterocycles. The molecule has 0 radical (unpaired) electrons. The van der Waals surface area contributed by atoms with Gasteiger partial charge < -0.3 is 15.3 Å². The lowest BCUT2D eigenvalue weighted by Gasteiger charge is -2.15. The van der Waals surface area contributed by atoms with Gasteiger partial charge in [0, 0.05) is 37.1 Å². The Labute approximate surface area is 141 Å². The van der Waals surface area contributed by atoms with Crippen LogP contribution in [-0.2, 0) is 4.79 Å². The molecule has 0 unspecified atom stereocenters. The molecule has 1 aliphatic heterocycles. The Kier molecular flexibility index (Phi) is 4.52. The lowest BCUT2D eigenvalue weighted by molar-refractivity contribution is -0.127. The highest BCUT2D eigenvalue weighted by atomic mass is 32.1. The summed E-state index contributed by atoms with van der Waals surface area (Å²) in [5.41, 5.74) is -0.274. The molecule has 0 spiro atoms. The molecule has 2 N–H and O–H groups in total. The number of aryl methyl sites for hydroxylation is 1. The van der Waals surface area contributed by atoms with Gasteiger partial charge in [-0.15, -0.1) is 11.3 Å². The fourth-order valence-corrected chi connectivity index (χ4v) is 3.62. The van der Waals surface area contributed by atoms with Gasteiger partial charge in [0.1, 0.15) is 0 Å². The smallest absolute Gasteiger partial charge is 0.275 e. The molecule has 8 nitrogen and oxygen atoms in total. The Hall–Kier alpha value is -2.42. The van der Waals surface area contributed by atoms with Crippen molar-refractivity contribution < 1.29 is 14.7 Å². The summed E-state index contributed by atoms with van der Waals surface area (Å²) in [6.45, 7) is 3.38. The zero-order valence-corrected chi connectivity index (χ0v) is 14.1. The van der Waals surface area contributed by atoms with E-state index in [1.165, 1.54) is 15.7 Å². The summed E-state index contributed by atoms with van der Waals surface area (Å²) < 4.78 is 1.31. The molecule has 9 heteroatoms. The van der Waals surface area contributed by atoms with Crippen LogP contribution < -0.4 is 10.9 Å². The predicted octanol–water partition coefficient (Wildman–Crippen LogP) is 0.512. The number of nitrogens with zero attached hydrogens (tertiary/aromatic N) is 3. The van der Waals surface area contributed by atoms with Gasteiger partial charge >= 0.3 is 0 Å². The van der Waals surface area contributed by atoms with Crippen LogP contribution in [0.15, 0.2) is 10.2 Å². The van der Waals surface area contributed by atoms with Gasteiger partial charge in [0.25, 0.3) is 11.5 Å². The number of hydrogen-bond donors (Lipinski definition) is 2. The fourth-order valence-electron chi connectivity index (χ4n) is 2.77. The van der Waals surface area contributed by atoms with E-state index in [1.807, 2.05) is 0 Å². The van der Waals surface area contributed by atoms with Crippen molar-refractivity contribution in [1.82, 2.24) is 19.6 Å². The first kappa shape index (κ1) is 16.4. The van der Waals surface area contributed by atoms with Crippen molar-refractivity contribution in [2.75, 3.05) is 19.6 Å². The van der Waals surface area contributed by atoms with E-state index in [0.29, 0.717) is 36.6 Å². The Morgan fingerprint density at radius 3 is 2.96 bits per heavy atom. The van der Waals surface area contributed by atoms with Crippen molar-refractivity contribution in [3.63, 3.8) is 0 Å². The third-order valence-corrected chi connectivity index (χ3v) is 4.95. The number of aromatic hydroxyl groups is 1. The number of nitrogens with one attached hydrogen (secondary N) is 1. The van der Waals surface area contributed by atoms with Gasteiger partial charge in [0.15, 0.2) is 10.5 Å². The Morgan fingerprint density at radius 2 is 2.25 bits per heavy atom. The number of rotatable bonds is 5. The van der Waals surface area contributed by atoms with E-state index in [0.717, 1.165) is 13.0 Å². The monoisotopic (exact) mass is 350 g/mol. The van der Waals surface area contributed by atoms with Gasteiger partial charge in [-0.05, 0) is 19.8 Å². The molecular formula is C15H18N4O4S. The van der Waals surface area contributed by atoms with Crippen LogP contribution in [0.1, 0.15) is 35.3 Å². The molecule has 24 heavy (non-hydrogen) atoms. The average molecular weight is 350 g/mol. The second kappa shape index (κ2) is 6.60. The number of fused-ring (bicyclic) bond motifs is 1. The lowest BCUT2D eigenvalue weighted by atomic mass is 10.2. The molecule has 128 valence electrons. The molecule has 0 bridgehead atoms. The highest BCUT2D eigenvalue weighted by Crippen LogP contribution is 2.17. The van der Waals surface area contributed by atoms with Crippen LogP contribution in [0.5, 0.6) is 5.88 Å². The van der Waals surface area contributed by atoms with E-state index in [1.54, 1.807) is 17.2 Å². The molecule has 0 aromatic carbocycles. The molecule has 1 saturated heterocycles. The third-order valence-electron chi connectivity index (χ3n) is 4.01. The normalized spacial score (nSPS) is 14.5. The number of amides is 2. The molecule has 3 rings (SSSR count). The quantitative estimate of drug-likeness (QED) is 0.765. The maximum atomic E-state index is 12.4. The standard InChI is InChI=1S/C15H18N4O4S/c1-9-8-24-15-17-13(22)11(14(23)19(9)15)12(21)16-5-3-7-18-6-2-4-10(18)20/h8,22H,2-7H2,1H3,(H,16,21). The summed E-state index contributed by atoms with van der Waals surface area (Å²) in [6.07, 6.45) is 2.05. The molecule has 0 saturated carbocycles. The third kappa shape index (κ3) is 2.99. The highest BCUT2D eigenvalue weighted by molar-refractivity contribution is 7.15. The number of hydrogen-bond acceptors (Lipinski definition) is 6. The largest absolute Gasteiger partial charge is 0.492 e. The van der Waals surface area contributed by atoms with Gasteiger partial charge in [0.05, 0.1) is 0 Å². The van der Waals surface area contributed by atoms with Crippen LogP contribution in [0.2, 0.25) is 0 Å². The summed E-state index contributed by atoms with van der Waals surface area (Å²) in [7, 11) is 0. The van der Waals surface area contributed by atoms with Crippen LogP contribution in [0.3, 0.4) is 0 Å². The van der Waals surface area contributed by atoms with E-state index in [9.17, 15) is 19.5 Å². The Balaban J connectivity index is 1.66. The average Bonchev–Trinajstić information content (AvgIpc) is 3.10. The SMILES string of the molecule is Cc1csc2nc(O)c(C(=O)NCCCN3CCCC3=O)c(=O)n12. The zero-order valence-electron chi connectivity index (χ0n) is 13.2. The van der Waals surface area contributed by atoms with Gasteiger partial charge in [-0.1, -0.05) is 0 Å². The second-order valence-electron chi connectivity index (χ2n) is 5.70. The van der Waals surface area contributed by atoms with Crippen LogP contribution in [-0.4, -0.2) is 50.8 Å². The van der Waals surface area contributed by atoms with E-state index < -0.39 is 17.3 Å². The summed E-state index contributed by atoms with van der Waals surface area (Å²) in [5, 5.41) is 14.2. The fraction of sp³-hybridized carbons (Fsp3) is 0.467. The summed E-state index contributed by atoms with van der Waals surface area (Å²) in [4.78, 5) is 42.1. The highest BCUT2D eigenvalue weighted by Gasteiger charge is 2.22. The maximum Gasteiger partial charge on any atom is 0.275 e. The van der Waals surface area contributed by atoms with E-state index in [2.05, 4.69) is 10.3 Å². The first-order valence-electron chi connectivity index (χ1n) is 7.75. The van der Waals surface area contributed by atoms with Crippen molar-refractivity contribution >= 4 is 28.1 Å². The molecule has 2 amide bonds. The van der Waals surface area contributed by atoms with Crippen LogP contribution in [0.4, 0.5) is 0 Å². The van der Waals surface area contributed by atoms with Crippen LogP contribution in [0.25, 0.3) is 4.96 Å². The van der Waals surface area contributed by atoms with Crippen LogP contribution in [0, 0.1) is 6.92 Å². The summed E-state index contributed by atoms with van der Waals surface area (Å²) in [6, 6.07) is 0. The lowest BCUT2D eigenvalue weighted by Crippen LogP contribution is -2.34. The Bertz CT molecular complexity index is 857. The summed E-state index contributed by atoms with van der Waals surface area (Å²) in [5.74, 6) is -1.08. The number of likely N-dealkylation sites (tertiary alicyclic amines) is 1. The summed E-state index contributed by atoms with van der Waals surface area (Å²) >= 11 is 1.22. The van der Waals surface area contributed by atoms with Gasteiger partial charge in [-0.2, -0.15) is 4.98 Å². The minimum atomic E-state index is -0.655. The first-order chi connectivity index (χ1) is 11.5. The van der Waals surface area contributed by atoms with E-state index >= 15 is 0 Å². The van der Waals surface area contributed by atoms with E-state index in [-0.39, 0.29) is 11.5 Å². The zero-order chi connectivity index (χ0) is 17.3. The number of carbonyl (C=O) groups excluding carboxylic acids is 2. The van der Waals surface area contributed by atoms with E-state index in [4.69, 9.17) is 0 Å². The predicted molar refractivity (Wildman–Crippen MR) is 88.5 cm³/mol. The first-order valence-corrected chi connectivity index (χ1v) is 8.63. The van der Waals surface area contributed by atoms with Gasteiger partial charge in [-0.3, -0.25) is 18.8 Å². The second-order valence-corrected chi connectivity index (χ2v) is 6.54. The number of aromatic nitrogens is 2. The van der Waals surface area contributed by atoms with Crippen molar-refractivity contribution in [3.8, 4) is 5.88 Å². The van der Waals surface area contributed by atoms with Crippen molar-refractivity contribution in [1.29, 1.82) is 0 Å². The molecule has 2 aromatic rings. The molecule has 0 atom stereocenters. The Morgan fingerprint density at radius 1 is 1.46 bits per heavy atom.